The van der Waals surface area contributed by atoms with Crippen LogP contribution in [0.3, 0.4) is 0 Å². The van der Waals surface area contributed by atoms with Gasteiger partial charge in [0.05, 0.1) is 24.3 Å². The van der Waals surface area contributed by atoms with Crippen molar-refractivity contribution >= 4 is 11.6 Å². The van der Waals surface area contributed by atoms with Gasteiger partial charge in [-0.05, 0) is 30.5 Å². The Balaban J connectivity index is 1.92. The lowest BCUT2D eigenvalue weighted by molar-refractivity contribution is -0.0390. The van der Waals surface area contributed by atoms with E-state index in [1.165, 1.54) is 0 Å². The molecule has 0 radical (unpaired) electrons. The molecule has 1 aliphatic rings. The number of benzene rings is 1. The van der Waals surface area contributed by atoms with Crippen LogP contribution in [0.5, 0.6) is 0 Å². The molecule has 0 atom stereocenters. The highest BCUT2D eigenvalue weighted by molar-refractivity contribution is 6.31. The predicted molar refractivity (Wildman–Crippen MR) is 64.8 cm³/mol. The smallest absolute Gasteiger partial charge is 0.0992 e. The fraction of sp³-hybridized carbons (Fsp3) is 0.462. The van der Waals surface area contributed by atoms with E-state index in [1.54, 1.807) is 12.1 Å². The van der Waals surface area contributed by atoms with Crippen LogP contribution in [-0.2, 0) is 16.1 Å². The SMILES string of the molecule is N#Cc1ccc(COC2CCOCC2)c(Cl)c1. The Bertz CT molecular complexity index is 422. The van der Waals surface area contributed by atoms with Crippen LogP contribution in [-0.4, -0.2) is 19.3 Å². The van der Waals surface area contributed by atoms with Crippen molar-refractivity contribution in [2.45, 2.75) is 25.6 Å². The molecule has 1 heterocycles. The first-order valence-electron chi connectivity index (χ1n) is 5.67. The summed E-state index contributed by atoms with van der Waals surface area (Å²) in [4.78, 5) is 0. The van der Waals surface area contributed by atoms with Crippen LogP contribution in [0.25, 0.3) is 0 Å². The second-order valence-corrected chi connectivity index (χ2v) is 4.45. The van der Waals surface area contributed by atoms with E-state index in [9.17, 15) is 0 Å². The molecule has 0 unspecified atom stereocenters. The monoisotopic (exact) mass is 251 g/mol. The molecule has 3 nitrogen and oxygen atoms in total. The molecule has 1 fully saturated rings. The van der Waals surface area contributed by atoms with Crippen LogP contribution in [0.1, 0.15) is 24.0 Å². The van der Waals surface area contributed by atoms with Gasteiger partial charge in [0.1, 0.15) is 0 Å². The van der Waals surface area contributed by atoms with Gasteiger partial charge in [0.25, 0.3) is 0 Å². The van der Waals surface area contributed by atoms with E-state index < -0.39 is 0 Å². The van der Waals surface area contributed by atoms with Gasteiger partial charge in [-0.15, -0.1) is 0 Å². The second-order valence-electron chi connectivity index (χ2n) is 4.04. The van der Waals surface area contributed by atoms with E-state index in [1.807, 2.05) is 6.07 Å². The van der Waals surface area contributed by atoms with Crippen LogP contribution in [0.15, 0.2) is 18.2 Å². The Kier molecular flexibility index (Phi) is 4.38. The van der Waals surface area contributed by atoms with Crippen LogP contribution < -0.4 is 0 Å². The summed E-state index contributed by atoms with van der Waals surface area (Å²) in [6, 6.07) is 7.34. The van der Waals surface area contributed by atoms with Crippen molar-refractivity contribution in [1.82, 2.24) is 0 Å². The molecule has 0 aromatic heterocycles. The van der Waals surface area contributed by atoms with Gasteiger partial charge >= 0.3 is 0 Å². The van der Waals surface area contributed by atoms with Crippen LogP contribution in [0, 0.1) is 11.3 Å². The summed E-state index contributed by atoms with van der Waals surface area (Å²) in [6.07, 6.45) is 2.14. The molecule has 0 saturated carbocycles. The maximum Gasteiger partial charge on any atom is 0.0992 e. The minimum absolute atomic E-state index is 0.260. The number of rotatable bonds is 3. The molecule has 17 heavy (non-hydrogen) atoms. The molecule has 0 N–H and O–H groups in total. The first-order chi connectivity index (χ1) is 8.29. The third-order valence-corrected chi connectivity index (χ3v) is 3.18. The summed E-state index contributed by atoms with van der Waals surface area (Å²) in [6.45, 7) is 2.03. The van der Waals surface area contributed by atoms with Gasteiger partial charge in [0.2, 0.25) is 0 Å². The summed E-state index contributed by atoms with van der Waals surface area (Å²) < 4.78 is 11.0. The molecule has 1 aromatic rings. The van der Waals surface area contributed by atoms with Gasteiger partial charge in [0.15, 0.2) is 0 Å². The molecule has 0 spiro atoms. The van der Waals surface area contributed by atoms with Gasteiger partial charge in [-0.3, -0.25) is 0 Å². The van der Waals surface area contributed by atoms with Crippen molar-refractivity contribution in [2.24, 2.45) is 0 Å². The molecule has 1 aromatic carbocycles. The zero-order chi connectivity index (χ0) is 12.1. The maximum absolute atomic E-state index is 8.73. The van der Waals surface area contributed by atoms with E-state index in [0.717, 1.165) is 31.6 Å². The molecular formula is C13H14ClNO2. The third kappa shape index (κ3) is 3.44. The van der Waals surface area contributed by atoms with Crippen molar-refractivity contribution in [3.63, 3.8) is 0 Å². The van der Waals surface area contributed by atoms with E-state index in [-0.39, 0.29) is 6.10 Å². The largest absolute Gasteiger partial charge is 0.381 e. The van der Waals surface area contributed by atoms with Gasteiger partial charge in [0, 0.05) is 18.2 Å². The number of hydrogen-bond donors (Lipinski definition) is 0. The van der Waals surface area contributed by atoms with Crippen molar-refractivity contribution in [3.05, 3.63) is 34.3 Å². The van der Waals surface area contributed by atoms with E-state index in [0.29, 0.717) is 17.2 Å². The summed E-state index contributed by atoms with van der Waals surface area (Å²) >= 11 is 6.07. The minimum Gasteiger partial charge on any atom is -0.381 e. The molecule has 4 heteroatoms. The van der Waals surface area contributed by atoms with E-state index >= 15 is 0 Å². The van der Waals surface area contributed by atoms with Gasteiger partial charge in [-0.25, -0.2) is 0 Å². The lowest BCUT2D eigenvalue weighted by Crippen LogP contribution is -2.23. The molecule has 2 rings (SSSR count). The van der Waals surface area contributed by atoms with Gasteiger partial charge in [-0.1, -0.05) is 17.7 Å². The van der Waals surface area contributed by atoms with Crippen molar-refractivity contribution in [3.8, 4) is 6.07 Å². The number of halogens is 1. The standard InChI is InChI=1S/C13H14ClNO2/c14-13-7-10(8-15)1-2-11(13)9-17-12-3-5-16-6-4-12/h1-2,7,12H,3-6,9H2. The third-order valence-electron chi connectivity index (χ3n) is 2.83. The Morgan fingerprint density at radius 2 is 2.18 bits per heavy atom. The fourth-order valence-electron chi connectivity index (χ4n) is 1.78. The van der Waals surface area contributed by atoms with Crippen LogP contribution in [0.4, 0.5) is 0 Å². The zero-order valence-electron chi connectivity index (χ0n) is 9.49. The van der Waals surface area contributed by atoms with Crippen molar-refractivity contribution in [1.29, 1.82) is 5.26 Å². The van der Waals surface area contributed by atoms with Gasteiger partial charge < -0.3 is 9.47 Å². The highest BCUT2D eigenvalue weighted by Gasteiger charge is 2.14. The molecule has 0 bridgehead atoms. The Morgan fingerprint density at radius 1 is 1.41 bits per heavy atom. The van der Waals surface area contributed by atoms with Crippen molar-refractivity contribution in [2.75, 3.05) is 13.2 Å². The zero-order valence-corrected chi connectivity index (χ0v) is 10.2. The van der Waals surface area contributed by atoms with Crippen molar-refractivity contribution < 1.29 is 9.47 Å². The Labute approximate surface area is 106 Å². The number of ether oxygens (including phenoxy) is 2. The summed E-state index contributed by atoms with van der Waals surface area (Å²) in [7, 11) is 0. The lowest BCUT2D eigenvalue weighted by Gasteiger charge is -2.22. The molecule has 0 aliphatic carbocycles. The first kappa shape index (κ1) is 12.4. The van der Waals surface area contributed by atoms with E-state index in [4.69, 9.17) is 26.3 Å². The molecule has 0 amide bonds. The summed E-state index contributed by atoms with van der Waals surface area (Å²) in [5.74, 6) is 0. The fourth-order valence-corrected chi connectivity index (χ4v) is 2.02. The quantitative estimate of drug-likeness (QED) is 0.830. The molecular weight excluding hydrogens is 238 g/mol. The number of hydrogen-bond acceptors (Lipinski definition) is 3. The normalized spacial score (nSPS) is 16.7. The highest BCUT2D eigenvalue weighted by atomic mass is 35.5. The predicted octanol–water partition coefficient (Wildman–Crippen LogP) is 2.91. The van der Waals surface area contributed by atoms with Gasteiger partial charge in [-0.2, -0.15) is 5.26 Å². The molecule has 90 valence electrons. The Morgan fingerprint density at radius 3 is 2.82 bits per heavy atom. The number of nitriles is 1. The first-order valence-corrected chi connectivity index (χ1v) is 6.05. The second kappa shape index (κ2) is 6.02. The molecule has 1 aliphatic heterocycles. The summed E-state index contributed by atoms with van der Waals surface area (Å²) in [5, 5.41) is 9.33. The lowest BCUT2D eigenvalue weighted by atomic mass is 10.1. The number of nitrogens with zero attached hydrogens (tertiary/aromatic N) is 1. The average molecular weight is 252 g/mol. The minimum atomic E-state index is 0.260. The van der Waals surface area contributed by atoms with Crippen LogP contribution in [0.2, 0.25) is 5.02 Å². The van der Waals surface area contributed by atoms with Crippen LogP contribution >= 0.6 is 11.6 Å². The topological polar surface area (TPSA) is 42.2 Å². The molecule has 1 saturated heterocycles. The Hall–Kier alpha value is -1.08. The highest BCUT2D eigenvalue weighted by Crippen LogP contribution is 2.20. The van der Waals surface area contributed by atoms with E-state index in [2.05, 4.69) is 6.07 Å². The summed E-state index contributed by atoms with van der Waals surface area (Å²) in [5.41, 5.74) is 1.50. The maximum atomic E-state index is 8.73. The average Bonchev–Trinajstić information content (AvgIpc) is 2.38.